The molecule has 1 spiro atoms. The van der Waals surface area contributed by atoms with Crippen molar-refractivity contribution in [2.45, 2.75) is 110 Å². The Kier molecular flexibility index (Phi) is 5.00. The van der Waals surface area contributed by atoms with E-state index in [1.165, 1.54) is 44.9 Å². The molecule has 0 aromatic rings. The highest BCUT2D eigenvalue weighted by atomic mass is 16.7. The van der Waals surface area contributed by atoms with E-state index in [1.807, 2.05) is 0 Å². The molecule has 32 heavy (non-hydrogen) atoms. The van der Waals surface area contributed by atoms with Gasteiger partial charge in [-0.2, -0.15) is 0 Å². The fourth-order valence-electron chi connectivity index (χ4n) is 10.4. The van der Waals surface area contributed by atoms with Crippen LogP contribution in [0.4, 0.5) is 0 Å². The zero-order valence-electron chi connectivity index (χ0n) is 20.6. The molecule has 2 saturated heterocycles. The Labute approximate surface area is 194 Å². The van der Waals surface area contributed by atoms with Crippen LogP contribution >= 0.6 is 0 Å². The summed E-state index contributed by atoms with van der Waals surface area (Å²) in [6, 6.07) is 0.234. The lowest BCUT2D eigenvalue weighted by molar-refractivity contribution is -0.273. The lowest BCUT2D eigenvalue weighted by atomic mass is 9.44. The summed E-state index contributed by atoms with van der Waals surface area (Å²) in [4.78, 5) is 3.13. The molecule has 2 heterocycles. The fraction of sp³-hybridized carbons (Fsp3) is 1.00. The highest BCUT2D eigenvalue weighted by Gasteiger charge is 2.69. The second-order valence-electron chi connectivity index (χ2n) is 13.3. The smallest absolute Gasteiger partial charge is 0.171 e. The van der Waals surface area contributed by atoms with Crippen molar-refractivity contribution in [2.24, 2.45) is 57.4 Å². The van der Waals surface area contributed by atoms with Crippen LogP contribution < -0.4 is 0 Å². The van der Waals surface area contributed by atoms with Gasteiger partial charge in [0.2, 0.25) is 0 Å². The lowest BCUT2D eigenvalue weighted by Gasteiger charge is -2.61. The van der Waals surface area contributed by atoms with E-state index in [1.54, 1.807) is 0 Å². The van der Waals surface area contributed by atoms with E-state index in [-0.39, 0.29) is 11.8 Å². The van der Waals surface area contributed by atoms with E-state index in [0.717, 1.165) is 49.5 Å². The summed E-state index contributed by atoms with van der Waals surface area (Å²) in [6.07, 6.45) is 12.9. The van der Waals surface area contributed by atoms with Crippen molar-refractivity contribution >= 4 is 0 Å². The molecule has 0 aromatic carbocycles. The molecule has 4 saturated carbocycles. The van der Waals surface area contributed by atoms with Gasteiger partial charge in [-0.25, -0.2) is 0 Å². The van der Waals surface area contributed by atoms with Crippen LogP contribution in [0.5, 0.6) is 0 Å². The van der Waals surface area contributed by atoms with Crippen molar-refractivity contribution in [1.29, 1.82) is 0 Å². The van der Waals surface area contributed by atoms with Crippen LogP contribution in [-0.2, 0) is 9.47 Å². The molecule has 178 valence electrons. The number of azide groups is 1. The number of rotatable bonds is 1. The molecule has 0 bridgehead atoms. The van der Waals surface area contributed by atoms with Crippen LogP contribution in [0, 0.1) is 52.3 Å². The normalized spacial score (nSPS) is 58.9. The predicted octanol–water partition coefficient (Wildman–Crippen LogP) is 7.11. The Morgan fingerprint density at radius 3 is 2.47 bits per heavy atom. The number of nitrogens with zero attached hydrogens (tertiary/aromatic N) is 3. The molecule has 12 atom stereocenters. The zero-order chi connectivity index (χ0) is 22.3. The van der Waals surface area contributed by atoms with E-state index in [4.69, 9.17) is 15.0 Å². The van der Waals surface area contributed by atoms with Crippen LogP contribution in [0.2, 0.25) is 0 Å². The maximum Gasteiger partial charge on any atom is 0.171 e. The van der Waals surface area contributed by atoms with E-state index < -0.39 is 0 Å². The number of hydrogen-bond acceptors (Lipinski definition) is 3. The summed E-state index contributed by atoms with van der Waals surface area (Å²) in [5.74, 6) is 4.81. The van der Waals surface area contributed by atoms with Crippen molar-refractivity contribution in [3.05, 3.63) is 10.4 Å². The van der Waals surface area contributed by atoms with Crippen molar-refractivity contribution in [3.63, 3.8) is 0 Å². The maximum atomic E-state index is 8.94. The largest absolute Gasteiger partial charge is 0.349 e. The maximum absolute atomic E-state index is 8.94. The molecule has 2 aliphatic heterocycles. The van der Waals surface area contributed by atoms with E-state index >= 15 is 0 Å². The third kappa shape index (κ3) is 2.86. The van der Waals surface area contributed by atoms with Crippen LogP contribution in [0.25, 0.3) is 10.4 Å². The van der Waals surface area contributed by atoms with Gasteiger partial charge in [-0.3, -0.25) is 0 Å². The molecule has 5 heteroatoms. The molecule has 0 aromatic heterocycles. The molecule has 6 fully saturated rings. The first-order valence-corrected chi connectivity index (χ1v) is 13.7. The first-order valence-electron chi connectivity index (χ1n) is 13.7. The summed E-state index contributed by atoms with van der Waals surface area (Å²) >= 11 is 0. The van der Waals surface area contributed by atoms with Crippen LogP contribution in [-0.4, -0.2) is 24.5 Å². The topological polar surface area (TPSA) is 67.2 Å². The average Bonchev–Trinajstić information content (AvgIpc) is 3.21. The highest BCUT2D eigenvalue weighted by Crippen LogP contribution is 2.71. The van der Waals surface area contributed by atoms with E-state index in [2.05, 4.69) is 37.7 Å². The molecular formula is C27H43N3O2. The Balaban J connectivity index is 1.23. The first kappa shape index (κ1) is 21.7. The monoisotopic (exact) mass is 441 g/mol. The third-order valence-electron chi connectivity index (χ3n) is 12.1. The van der Waals surface area contributed by atoms with Gasteiger partial charge in [-0.15, -0.1) is 0 Å². The molecular weight excluding hydrogens is 398 g/mol. The number of ether oxygens (including phenoxy) is 2. The van der Waals surface area contributed by atoms with Gasteiger partial charge < -0.3 is 9.47 Å². The van der Waals surface area contributed by atoms with Crippen LogP contribution in [0.3, 0.4) is 0 Å². The summed E-state index contributed by atoms with van der Waals surface area (Å²) in [5.41, 5.74) is 9.79. The van der Waals surface area contributed by atoms with Crippen LogP contribution in [0.15, 0.2) is 5.11 Å². The molecule has 6 rings (SSSR count). The number of hydrogen-bond donors (Lipinski definition) is 0. The summed E-state index contributed by atoms with van der Waals surface area (Å²) in [5, 5.41) is 4.12. The molecule has 0 unspecified atom stereocenters. The minimum Gasteiger partial charge on any atom is -0.349 e. The molecule has 0 N–H and O–H groups in total. The second kappa shape index (κ2) is 7.36. The highest BCUT2D eigenvalue weighted by molar-refractivity contribution is 5.15. The SMILES string of the molecule is C[C@H]1CC[C@@]2(OC1)O[C@H]1C[C@H]3[C@@H]4CC[C@@H]5C[C@H](N=[N+]=[N-])CC[C@]5(C)[C@H]4CC[C@]3(C)[C@H]1[C@@H]2C. The van der Waals surface area contributed by atoms with Gasteiger partial charge in [0.15, 0.2) is 5.79 Å². The Morgan fingerprint density at radius 2 is 1.72 bits per heavy atom. The van der Waals surface area contributed by atoms with Crippen molar-refractivity contribution in [3.8, 4) is 0 Å². The first-order chi connectivity index (χ1) is 15.3. The minimum absolute atomic E-state index is 0.234. The Morgan fingerprint density at radius 1 is 0.906 bits per heavy atom. The van der Waals surface area contributed by atoms with Gasteiger partial charge in [0.25, 0.3) is 0 Å². The van der Waals surface area contributed by atoms with Crippen molar-refractivity contribution in [2.75, 3.05) is 6.61 Å². The summed E-state index contributed by atoms with van der Waals surface area (Å²) < 4.78 is 13.4. The van der Waals surface area contributed by atoms with Gasteiger partial charge in [0.05, 0.1) is 12.7 Å². The summed E-state index contributed by atoms with van der Waals surface area (Å²) in [6.45, 7) is 10.9. The molecule has 4 aliphatic carbocycles. The van der Waals surface area contributed by atoms with Gasteiger partial charge in [-0.1, -0.05) is 32.8 Å². The van der Waals surface area contributed by atoms with Crippen molar-refractivity contribution < 1.29 is 9.47 Å². The van der Waals surface area contributed by atoms with Gasteiger partial charge in [0, 0.05) is 23.3 Å². The summed E-state index contributed by atoms with van der Waals surface area (Å²) in [7, 11) is 0. The average molecular weight is 442 g/mol. The Hall–Kier alpha value is -0.770. The zero-order valence-corrected chi connectivity index (χ0v) is 20.6. The molecule has 0 radical (unpaired) electrons. The quantitative estimate of drug-likeness (QED) is 0.247. The number of fused-ring (bicyclic) bond motifs is 7. The molecule has 5 nitrogen and oxygen atoms in total. The second-order valence-corrected chi connectivity index (χ2v) is 13.3. The van der Waals surface area contributed by atoms with Gasteiger partial charge >= 0.3 is 0 Å². The van der Waals surface area contributed by atoms with Gasteiger partial charge in [-0.05, 0) is 110 Å². The van der Waals surface area contributed by atoms with E-state index in [9.17, 15) is 0 Å². The van der Waals surface area contributed by atoms with E-state index in [0.29, 0.717) is 34.7 Å². The Bertz CT molecular complexity index is 803. The predicted molar refractivity (Wildman–Crippen MR) is 125 cm³/mol. The molecule has 0 amide bonds. The third-order valence-corrected chi connectivity index (χ3v) is 12.1. The lowest BCUT2D eigenvalue weighted by Crippen LogP contribution is -2.55. The van der Waals surface area contributed by atoms with Gasteiger partial charge in [0.1, 0.15) is 0 Å². The molecule has 6 aliphatic rings. The fourth-order valence-corrected chi connectivity index (χ4v) is 10.4. The standard InChI is InChI=1S/C27H43N3O2/c1-16-7-12-27(31-15-16)17(2)24-23(32-27)14-22-20-6-5-18-13-19(29-30-28)8-10-25(18,3)21(20)9-11-26(22,24)4/h16-24H,5-15H2,1-4H3/t16-,17-,18+,19+,20+,21-,22-,23-,24-,25-,26-,27+/m0/s1. The minimum atomic E-state index is -0.296. The van der Waals surface area contributed by atoms with Crippen molar-refractivity contribution in [1.82, 2.24) is 0 Å². The van der Waals surface area contributed by atoms with Crippen LogP contribution in [0.1, 0.15) is 91.9 Å².